The molecule has 0 spiro atoms. The lowest BCUT2D eigenvalue weighted by Gasteiger charge is -2.31. The van der Waals surface area contributed by atoms with E-state index in [1.807, 2.05) is 37.3 Å². The smallest absolute Gasteiger partial charge is 0.218 e. The fourth-order valence-electron chi connectivity index (χ4n) is 2.99. The lowest BCUT2D eigenvalue weighted by atomic mass is 9.96. The molecule has 122 valence electrons. The van der Waals surface area contributed by atoms with Crippen molar-refractivity contribution in [2.75, 3.05) is 13.1 Å². The molecule has 1 fully saturated rings. The molecule has 0 bridgehead atoms. The number of piperidine rings is 1. The molecule has 1 atom stereocenters. The molecule has 0 saturated carbocycles. The van der Waals surface area contributed by atoms with Gasteiger partial charge in [-0.15, -0.1) is 0 Å². The summed E-state index contributed by atoms with van der Waals surface area (Å²) < 4.78 is 27.0. The molecule has 2 aromatic rings. The second kappa shape index (κ2) is 6.76. The Morgan fingerprint density at radius 2 is 2.00 bits per heavy atom. The monoisotopic (exact) mass is 331 g/mol. The first kappa shape index (κ1) is 16.1. The number of hydrogen-bond acceptors (Lipinski definition) is 4. The second-order valence-corrected chi connectivity index (χ2v) is 7.99. The van der Waals surface area contributed by atoms with E-state index >= 15 is 0 Å². The number of rotatable bonds is 4. The van der Waals surface area contributed by atoms with Crippen LogP contribution in [0.25, 0.3) is 0 Å². The third-order valence-corrected chi connectivity index (χ3v) is 5.98. The zero-order valence-corrected chi connectivity index (χ0v) is 14.0. The third-order valence-electron chi connectivity index (χ3n) is 4.16. The van der Waals surface area contributed by atoms with E-state index in [4.69, 9.17) is 0 Å². The molecule has 0 N–H and O–H groups in total. The van der Waals surface area contributed by atoms with Crippen molar-refractivity contribution in [1.82, 2.24) is 14.3 Å². The molecule has 1 saturated heterocycles. The molecule has 1 aliphatic heterocycles. The highest BCUT2D eigenvalue weighted by atomic mass is 32.2. The number of benzene rings is 1. The maximum Gasteiger partial charge on any atom is 0.218 e. The summed E-state index contributed by atoms with van der Waals surface area (Å²) in [7, 11) is -3.30. The largest absolute Gasteiger partial charge is 0.261 e. The molecule has 1 aromatic carbocycles. The normalized spacial score (nSPS) is 19.6. The molecule has 3 rings (SSSR count). The van der Waals surface area contributed by atoms with Crippen molar-refractivity contribution in [2.24, 2.45) is 0 Å². The van der Waals surface area contributed by atoms with Gasteiger partial charge in [0.25, 0.3) is 0 Å². The molecule has 0 unspecified atom stereocenters. The van der Waals surface area contributed by atoms with Crippen LogP contribution in [-0.4, -0.2) is 35.8 Å². The van der Waals surface area contributed by atoms with Gasteiger partial charge in [-0.1, -0.05) is 30.3 Å². The van der Waals surface area contributed by atoms with E-state index in [1.165, 1.54) is 0 Å². The van der Waals surface area contributed by atoms with E-state index in [0.717, 1.165) is 29.8 Å². The molecule has 2 heterocycles. The van der Waals surface area contributed by atoms with Crippen LogP contribution in [0.1, 0.15) is 35.7 Å². The van der Waals surface area contributed by atoms with E-state index in [0.29, 0.717) is 13.1 Å². The van der Waals surface area contributed by atoms with Gasteiger partial charge in [-0.05, 0) is 25.3 Å². The van der Waals surface area contributed by atoms with Gasteiger partial charge in [0.1, 0.15) is 0 Å². The van der Waals surface area contributed by atoms with Gasteiger partial charge in [0.2, 0.25) is 10.0 Å². The molecule has 23 heavy (non-hydrogen) atoms. The molecule has 0 radical (unpaired) electrons. The highest BCUT2D eigenvalue weighted by Gasteiger charge is 2.30. The molecule has 5 nitrogen and oxygen atoms in total. The number of sulfonamides is 1. The van der Waals surface area contributed by atoms with Crippen molar-refractivity contribution < 1.29 is 8.42 Å². The molecule has 0 amide bonds. The zero-order chi connectivity index (χ0) is 16.3. The van der Waals surface area contributed by atoms with Crippen LogP contribution in [0.15, 0.2) is 42.7 Å². The summed E-state index contributed by atoms with van der Waals surface area (Å²) in [6.07, 6.45) is 5.28. The van der Waals surface area contributed by atoms with E-state index in [9.17, 15) is 8.42 Å². The van der Waals surface area contributed by atoms with Gasteiger partial charge >= 0.3 is 0 Å². The van der Waals surface area contributed by atoms with Crippen LogP contribution in [-0.2, 0) is 15.8 Å². The summed E-state index contributed by atoms with van der Waals surface area (Å²) in [5.74, 6) is 0.182. The number of hydrogen-bond donors (Lipinski definition) is 0. The molecule has 6 heteroatoms. The standard InChI is InChI=1S/C17H21N3O2S/c1-14-10-18-11-17(19-14)16-8-5-9-20(12-16)23(21,22)13-15-6-3-2-4-7-15/h2-4,6-7,10-11,16H,5,8-9,12-13H2,1H3/t16-/m1/s1. The van der Waals surface area contributed by atoms with Crippen molar-refractivity contribution in [2.45, 2.75) is 31.4 Å². The van der Waals surface area contributed by atoms with Gasteiger partial charge in [-0.25, -0.2) is 12.7 Å². The van der Waals surface area contributed by atoms with E-state index in [2.05, 4.69) is 9.97 Å². The fraction of sp³-hybridized carbons (Fsp3) is 0.412. The highest BCUT2D eigenvalue weighted by molar-refractivity contribution is 7.88. The Labute approximate surface area is 137 Å². The molecule has 1 aromatic heterocycles. The minimum atomic E-state index is -3.30. The number of aryl methyl sites for hydroxylation is 1. The maximum absolute atomic E-state index is 12.7. The summed E-state index contributed by atoms with van der Waals surface area (Å²) in [6.45, 7) is 2.99. The Bertz CT molecular complexity index is 762. The second-order valence-electron chi connectivity index (χ2n) is 6.02. The van der Waals surface area contributed by atoms with Crippen molar-refractivity contribution >= 4 is 10.0 Å². The molecular formula is C17H21N3O2S. The van der Waals surface area contributed by atoms with Crippen LogP contribution in [0.2, 0.25) is 0 Å². The van der Waals surface area contributed by atoms with Crippen LogP contribution in [0, 0.1) is 6.92 Å². The van der Waals surface area contributed by atoms with Crippen LogP contribution >= 0.6 is 0 Å². The summed E-state index contributed by atoms with van der Waals surface area (Å²) in [4.78, 5) is 8.70. The van der Waals surface area contributed by atoms with Gasteiger partial charge in [0.05, 0.1) is 17.1 Å². The third kappa shape index (κ3) is 3.95. The molecule has 0 aliphatic carbocycles. The van der Waals surface area contributed by atoms with Crippen LogP contribution < -0.4 is 0 Å². The van der Waals surface area contributed by atoms with Crippen LogP contribution in [0.3, 0.4) is 0 Å². The summed E-state index contributed by atoms with van der Waals surface area (Å²) >= 11 is 0. The quantitative estimate of drug-likeness (QED) is 0.863. The minimum absolute atomic E-state index is 0.0556. The first-order valence-electron chi connectivity index (χ1n) is 7.85. The Kier molecular flexibility index (Phi) is 4.73. The number of nitrogens with zero attached hydrogens (tertiary/aromatic N) is 3. The van der Waals surface area contributed by atoms with Crippen molar-refractivity contribution in [3.8, 4) is 0 Å². The fourth-order valence-corrected chi connectivity index (χ4v) is 4.60. The summed E-state index contributed by atoms with van der Waals surface area (Å²) in [6, 6.07) is 9.33. The van der Waals surface area contributed by atoms with Gasteiger partial charge < -0.3 is 0 Å². The minimum Gasteiger partial charge on any atom is -0.261 e. The van der Waals surface area contributed by atoms with E-state index in [-0.39, 0.29) is 11.7 Å². The SMILES string of the molecule is Cc1cncc([C@@H]2CCCN(S(=O)(=O)Cc3ccccc3)C2)n1. The van der Waals surface area contributed by atoms with Gasteiger partial charge in [-0.3, -0.25) is 9.97 Å². The number of aromatic nitrogens is 2. The van der Waals surface area contributed by atoms with Crippen molar-refractivity contribution in [1.29, 1.82) is 0 Å². The summed E-state index contributed by atoms with van der Waals surface area (Å²) in [5.41, 5.74) is 2.58. The molecular weight excluding hydrogens is 310 g/mol. The lowest BCUT2D eigenvalue weighted by molar-refractivity contribution is 0.312. The first-order chi connectivity index (χ1) is 11.0. The Hall–Kier alpha value is -1.79. The Balaban J connectivity index is 1.75. The topological polar surface area (TPSA) is 63.2 Å². The molecule has 1 aliphatic rings. The Morgan fingerprint density at radius 3 is 2.74 bits per heavy atom. The van der Waals surface area contributed by atoms with E-state index in [1.54, 1.807) is 16.7 Å². The van der Waals surface area contributed by atoms with Crippen molar-refractivity contribution in [3.63, 3.8) is 0 Å². The zero-order valence-electron chi connectivity index (χ0n) is 13.2. The lowest BCUT2D eigenvalue weighted by Crippen LogP contribution is -2.40. The van der Waals surface area contributed by atoms with Crippen LogP contribution in [0.4, 0.5) is 0 Å². The van der Waals surface area contributed by atoms with Gasteiger partial charge in [0, 0.05) is 31.4 Å². The Morgan fingerprint density at radius 1 is 1.22 bits per heavy atom. The average Bonchev–Trinajstić information content (AvgIpc) is 2.55. The van der Waals surface area contributed by atoms with E-state index < -0.39 is 10.0 Å². The van der Waals surface area contributed by atoms with Crippen molar-refractivity contribution in [3.05, 3.63) is 59.7 Å². The van der Waals surface area contributed by atoms with Crippen LogP contribution in [0.5, 0.6) is 0 Å². The van der Waals surface area contributed by atoms with Gasteiger partial charge in [-0.2, -0.15) is 0 Å². The first-order valence-corrected chi connectivity index (χ1v) is 9.46. The predicted molar refractivity (Wildman–Crippen MR) is 89.4 cm³/mol. The average molecular weight is 331 g/mol. The summed E-state index contributed by atoms with van der Waals surface area (Å²) in [5, 5.41) is 0. The highest BCUT2D eigenvalue weighted by Crippen LogP contribution is 2.27. The van der Waals surface area contributed by atoms with Gasteiger partial charge in [0.15, 0.2) is 0 Å². The predicted octanol–water partition coefficient (Wildman–Crippen LogP) is 2.49. The maximum atomic E-state index is 12.7.